The minimum Gasteiger partial charge on any atom is -0.381 e. The van der Waals surface area contributed by atoms with Crippen LogP contribution < -0.4 is 5.32 Å². The van der Waals surface area contributed by atoms with E-state index in [1.54, 1.807) is 13.3 Å². The van der Waals surface area contributed by atoms with Crippen molar-refractivity contribution in [3.63, 3.8) is 0 Å². The molecule has 2 heterocycles. The minimum absolute atomic E-state index is 0. The van der Waals surface area contributed by atoms with Crippen molar-refractivity contribution in [2.45, 2.75) is 19.9 Å². The van der Waals surface area contributed by atoms with E-state index >= 15 is 0 Å². The fraction of sp³-hybridized carbons (Fsp3) is 0.692. The quantitative estimate of drug-likeness (QED) is 0.479. The summed E-state index contributed by atoms with van der Waals surface area (Å²) in [6.45, 7) is 5.43. The van der Waals surface area contributed by atoms with Crippen LogP contribution in [0.25, 0.3) is 0 Å². The Hall–Kier alpha value is -0.830. The third-order valence-corrected chi connectivity index (χ3v) is 3.44. The van der Waals surface area contributed by atoms with Crippen LogP contribution in [-0.2, 0) is 11.3 Å². The lowest BCUT2D eigenvalue weighted by atomic mass is 9.90. The van der Waals surface area contributed by atoms with Gasteiger partial charge in [0.25, 0.3) is 0 Å². The molecule has 1 atom stereocenters. The van der Waals surface area contributed by atoms with Crippen LogP contribution in [0.4, 0.5) is 0 Å². The molecule has 1 aliphatic heterocycles. The second kappa shape index (κ2) is 7.82. The zero-order valence-electron chi connectivity index (χ0n) is 12.3. The highest BCUT2D eigenvalue weighted by Crippen LogP contribution is 2.26. The molecule has 2 rings (SSSR count). The number of aromatic nitrogens is 1. The van der Waals surface area contributed by atoms with Crippen LogP contribution in [0, 0.1) is 5.41 Å². The van der Waals surface area contributed by atoms with Crippen molar-refractivity contribution in [3.05, 3.63) is 18.0 Å². The molecule has 6 nitrogen and oxygen atoms in total. The third-order valence-electron chi connectivity index (χ3n) is 3.44. The summed E-state index contributed by atoms with van der Waals surface area (Å²) in [5.74, 6) is 0.858. The first-order chi connectivity index (χ1) is 9.13. The van der Waals surface area contributed by atoms with Crippen molar-refractivity contribution in [2.75, 3.05) is 33.9 Å². The van der Waals surface area contributed by atoms with Gasteiger partial charge in [0.1, 0.15) is 12.0 Å². The number of ether oxygens (including phenoxy) is 1. The largest absolute Gasteiger partial charge is 0.381 e. The van der Waals surface area contributed by atoms with Gasteiger partial charge in [-0.1, -0.05) is 12.1 Å². The number of nitrogens with one attached hydrogen (secondary N) is 1. The second-order valence-electron chi connectivity index (χ2n) is 5.36. The van der Waals surface area contributed by atoms with Crippen LogP contribution in [0.2, 0.25) is 0 Å². The third kappa shape index (κ3) is 4.62. The van der Waals surface area contributed by atoms with Gasteiger partial charge in [0.15, 0.2) is 5.96 Å². The first-order valence-electron chi connectivity index (χ1n) is 6.52. The molecule has 0 saturated carbocycles. The van der Waals surface area contributed by atoms with E-state index in [9.17, 15) is 0 Å². The first-order valence-corrected chi connectivity index (χ1v) is 6.52. The average molecular weight is 394 g/mol. The van der Waals surface area contributed by atoms with E-state index in [0.717, 1.165) is 37.8 Å². The van der Waals surface area contributed by atoms with Crippen molar-refractivity contribution in [1.82, 2.24) is 15.4 Å². The Kier molecular flexibility index (Phi) is 6.74. The van der Waals surface area contributed by atoms with Crippen LogP contribution in [-0.4, -0.2) is 49.9 Å². The standard InChI is InChI=1S/C13H22N4O2.HI/c1-13(5-7-18-10-13)9-15-12(14-2)17(3)8-11-4-6-19-16-11;/h4,6H,5,7-10H2,1-3H3,(H,14,15);1H. The summed E-state index contributed by atoms with van der Waals surface area (Å²) in [6, 6.07) is 1.86. The molecule has 0 bridgehead atoms. The summed E-state index contributed by atoms with van der Waals surface area (Å²) in [6.07, 6.45) is 2.67. The zero-order chi connectivity index (χ0) is 13.7. The predicted octanol–water partition coefficient (Wildman–Crippen LogP) is 1.73. The Morgan fingerprint density at radius 2 is 2.40 bits per heavy atom. The van der Waals surface area contributed by atoms with Gasteiger partial charge >= 0.3 is 0 Å². The lowest BCUT2D eigenvalue weighted by molar-refractivity contribution is 0.160. The van der Waals surface area contributed by atoms with Crippen molar-refractivity contribution in [2.24, 2.45) is 10.4 Å². The van der Waals surface area contributed by atoms with Crippen LogP contribution >= 0.6 is 24.0 Å². The van der Waals surface area contributed by atoms with Crippen LogP contribution in [0.3, 0.4) is 0 Å². The van der Waals surface area contributed by atoms with Crippen molar-refractivity contribution < 1.29 is 9.26 Å². The molecule has 1 unspecified atom stereocenters. The van der Waals surface area contributed by atoms with E-state index in [4.69, 9.17) is 9.26 Å². The van der Waals surface area contributed by atoms with Gasteiger partial charge in [-0.2, -0.15) is 0 Å². The summed E-state index contributed by atoms with van der Waals surface area (Å²) >= 11 is 0. The number of hydrogen-bond acceptors (Lipinski definition) is 4. The molecule has 1 N–H and O–H groups in total. The van der Waals surface area contributed by atoms with E-state index in [0.29, 0.717) is 6.54 Å². The van der Waals surface area contributed by atoms with Crippen LogP contribution in [0.15, 0.2) is 21.8 Å². The summed E-state index contributed by atoms with van der Waals surface area (Å²) in [4.78, 5) is 6.32. The molecule has 1 aliphatic rings. The highest BCUT2D eigenvalue weighted by atomic mass is 127. The lowest BCUT2D eigenvalue weighted by Crippen LogP contribution is -2.43. The van der Waals surface area contributed by atoms with Crippen molar-refractivity contribution in [3.8, 4) is 0 Å². The monoisotopic (exact) mass is 394 g/mol. The van der Waals surface area contributed by atoms with Gasteiger partial charge in [0, 0.05) is 38.7 Å². The fourth-order valence-electron chi connectivity index (χ4n) is 2.16. The summed E-state index contributed by atoms with van der Waals surface area (Å²) in [5, 5.41) is 7.31. The maximum absolute atomic E-state index is 5.46. The number of hydrogen-bond donors (Lipinski definition) is 1. The van der Waals surface area contributed by atoms with Crippen LogP contribution in [0.1, 0.15) is 19.0 Å². The normalized spacial score (nSPS) is 22.4. The molecule has 1 fully saturated rings. The topological polar surface area (TPSA) is 62.9 Å². The van der Waals surface area contributed by atoms with Gasteiger partial charge in [-0.3, -0.25) is 4.99 Å². The Morgan fingerprint density at radius 3 is 2.95 bits per heavy atom. The highest BCUT2D eigenvalue weighted by molar-refractivity contribution is 14.0. The number of nitrogens with zero attached hydrogens (tertiary/aromatic N) is 3. The van der Waals surface area contributed by atoms with Gasteiger partial charge in [-0.05, 0) is 6.42 Å². The molecule has 114 valence electrons. The zero-order valence-corrected chi connectivity index (χ0v) is 14.6. The van der Waals surface area contributed by atoms with Gasteiger partial charge < -0.3 is 19.5 Å². The molecular formula is C13H23IN4O2. The number of rotatable bonds is 4. The van der Waals surface area contributed by atoms with Crippen molar-refractivity contribution in [1.29, 1.82) is 0 Å². The van der Waals surface area contributed by atoms with E-state index in [-0.39, 0.29) is 29.4 Å². The lowest BCUT2D eigenvalue weighted by Gasteiger charge is -2.27. The molecule has 1 aromatic rings. The molecule has 0 radical (unpaired) electrons. The maximum Gasteiger partial charge on any atom is 0.193 e. The van der Waals surface area contributed by atoms with E-state index < -0.39 is 0 Å². The van der Waals surface area contributed by atoms with Gasteiger partial charge in [-0.15, -0.1) is 24.0 Å². The highest BCUT2D eigenvalue weighted by Gasteiger charge is 2.30. The first kappa shape index (κ1) is 17.2. The molecule has 1 aromatic heterocycles. The second-order valence-corrected chi connectivity index (χ2v) is 5.36. The summed E-state index contributed by atoms with van der Waals surface area (Å²) in [7, 11) is 3.77. The number of aliphatic imine (C=N–C) groups is 1. The minimum atomic E-state index is 0. The molecule has 1 saturated heterocycles. The Morgan fingerprint density at radius 1 is 1.60 bits per heavy atom. The number of halogens is 1. The Bertz CT molecular complexity index is 416. The molecule has 20 heavy (non-hydrogen) atoms. The SMILES string of the molecule is CN=C(NCC1(C)CCOC1)N(C)Cc1ccon1.I. The molecule has 0 amide bonds. The van der Waals surface area contributed by atoms with E-state index in [1.165, 1.54) is 0 Å². The Labute approximate surface area is 137 Å². The van der Waals surface area contributed by atoms with Crippen LogP contribution in [0.5, 0.6) is 0 Å². The Balaban J connectivity index is 0.00000200. The fourth-order valence-corrected chi connectivity index (χ4v) is 2.16. The number of guanidine groups is 1. The van der Waals surface area contributed by atoms with Crippen molar-refractivity contribution >= 4 is 29.9 Å². The maximum atomic E-state index is 5.46. The van der Waals surface area contributed by atoms with E-state index in [1.807, 2.05) is 18.0 Å². The van der Waals surface area contributed by atoms with Gasteiger partial charge in [-0.25, -0.2) is 0 Å². The molecule has 0 aromatic carbocycles. The molecule has 7 heteroatoms. The average Bonchev–Trinajstić information content (AvgIpc) is 3.02. The molecule has 0 aliphatic carbocycles. The smallest absolute Gasteiger partial charge is 0.193 e. The van der Waals surface area contributed by atoms with Gasteiger partial charge in [0.05, 0.1) is 13.2 Å². The summed E-state index contributed by atoms with van der Waals surface area (Å²) in [5.41, 5.74) is 1.09. The van der Waals surface area contributed by atoms with Gasteiger partial charge in [0.2, 0.25) is 0 Å². The predicted molar refractivity (Wildman–Crippen MR) is 88.3 cm³/mol. The molecule has 0 spiro atoms. The molecular weight excluding hydrogens is 371 g/mol. The van der Waals surface area contributed by atoms with E-state index in [2.05, 4.69) is 22.4 Å². The summed E-state index contributed by atoms with van der Waals surface area (Å²) < 4.78 is 10.3.